The quantitative estimate of drug-likeness (QED) is 0.572. The van der Waals surface area contributed by atoms with Crippen LogP contribution in [0.4, 0.5) is 0 Å². The van der Waals surface area contributed by atoms with Gasteiger partial charge in [0.2, 0.25) is 0 Å². The first-order valence-electron chi connectivity index (χ1n) is 6.29. The van der Waals surface area contributed by atoms with Crippen LogP contribution in [0, 0.1) is 0 Å². The van der Waals surface area contributed by atoms with Crippen molar-refractivity contribution >= 4 is 11.8 Å². The van der Waals surface area contributed by atoms with Gasteiger partial charge in [-0.1, -0.05) is 32.9 Å². The Morgan fingerprint density at radius 1 is 1.06 bits per heavy atom. The summed E-state index contributed by atoms with van der Waals surface area (Å²) in [6.45, 7) is 10.6. The highest BCUT2D eigenvalue weighted by Crippen LogP contribution is 2.32. The molecule has 3 heteroatoms. The molecule has 18 heavy (non-hydrogen) atoms. The molecule has 2 atom stereocenters. The van der Waals surface area contributed by atoms with E-state index in [1.165, 1.54) is 10.5 Å². The molecule has 0 saturated carbocycles. The first-order valence-corrected chi connectivity index (χ1v) is 7.10. The van der Waals surface area contributed by atoms with Crippen molar-refractivity contribution in [3.63, 3.8) is 0 Å². The average molecular weight is 268 g/mol. The monoisotopic (exact) mass is 268 g/mol. The van der Waals surface area contributed by atoms with E-state index in [1.807, 2.05) is 25.6 Å². The highest BCUT2D eigenvalue weighted by Gasteiger charge is 2.13. The van der Waals surface area contributed by atoms with Crippen molar-refractivity contribution < 1.29 is 9.47 Å². The second-order valence-corrected chi connectivity index (χ2v) is 7.27. The summed E-state index contributed by atoms with van der Waals surface area (Å²) >= 11 is 1.87. The lowest BCUT2D eigenvalue weighted by Crippen LogP contribution is -2.13. The molecular formula is C15H24O2S. The van der Waals surface area contributed by atoms with Gasteiger partial charge < -0.3 is 9.47 Å². The summed E-state index contributed by atoms with van der Waals surface area (Å²) in [5.74, 6) is 0. The molecule has 1 aromatic carbocycles. The van der Waals surface area contributed by atoms with Crippen molar-refractivity contribution in [3.05, 3.63) is 29.8 Å². The summed E-state index contributed by atoms with van der Waals surface area (Å²) in [5, 5.41) is 0. The van der Waals surface area contributed by atoms with E-state index in [1.54, 1.807) is 7.11 Å². The van der Waals surface area contributed by atoms with Crippen LogP contribution < -0.4 is 0 Å². The molecule has 2 unspecified atom stereocenters. The lowest BCUT2D eigenvalue weighted by molar-refractivity contribution is -0.140. The Bertz CT molecular complexity index is 354. The molecule has 0 aliphatic carbocycles. The average Bonchev–Trinajstić information content (AvgIpc) is 2.27. The third kappa shape index (κ3) is 5.42. The Morgan fingerprint density at radius 3 is 2.06 bits per heavy atom. The zero-order valence-electron chi connectivity index (χ0n) is 12.2. The lowest BCUT2D eigenvalue weighted by Gasteiger charge is -2.20. The van der Waals surface area contributed by atoms with E-state index in [0.29, 0.717) is 0 Å². The van der Waals surface area contributed by atoms with Crippen molar-refractivity contribution in [2.45, 2.75) is 56.7 Å². The van der Waals surface area contributed by atoms with Gasteiger partial charge in [-0.15, -0.1) is 11.8 Å². The Labute approximate surface area is 115 Å². The van der Waals surface area contributed by atoms with Crippen molar-refractivity contribution in [2.75, 3.05) is 7.11 Å². The second kappa shape index (κ2) is 6.60. The first kappa shape index (κ1) is 15.5. The predicted octanol–water partition coefficient (Wildman–Crippen LogP) is 4.65. The van der Waals surface area contributed by atoms with Crippen molar-refractivity contribution in [3.8, 4) is 0 Å². The van der Waals surface area contributed by atoms with Crippen molar-refractivity contribution in [1.82, 2.24) is 0 Å². The van der Waals surface area contributed by atoms with Crippen LogP contribution in [0.3, 0.4) is 0 Å². The first-order chi connectivity index (χ1) is 8.31. The summed E-state index contributed by atoms with van der Waals surface area (Å²) in [6.07, 6.45) is -0.128. The number of ether oxygens (including phenoxy) is 2. The molecular weight excluding hydrogens is 244 g/mol. The van der Waals surface area contributed by atoms with E-state index in [9.17, 15) is 0 Å². The number of methoxy groups -OCH3 is 1. The van der Waals surface area contributed by atoms with Crippen LogP contribution in [-0.2, 0) is 9.47 Å². The lowest BCUT2D eigenvalue weighted by atomic mass is 10.1. The van der Waals surface area contributed by atoms with Gasteiger partial charge in [-0.25, -0.2) is 0 Å². The maximum atomic E-state index is 5.70. The fourth-order valence-electron chi connectivity index (χ4n) is 1.58. The topological polar surface area (TPSA) is 18.5 Å². The van der Waals surface area contributed by atoms with E-state index in [4.69, 9.17) is 9.47 Å². The van der Waals surface area contributed by atoms with Crippen LogP contribution in [-0.4, -0.2) is 18.1 Å². The van der Waals surface area contributed by atoms with Gasteiger partial charge in [0.05, 0.1) is 6.10 Å². The summed E-state index contributed by atoms with van der Waals surface area (Å²) in [5.41, 5.74) is 1.18. The van der Waals surface area contributed by atoms with Crippen LogP contribution in [0.1, 0.15) is 46.3 Å². The van der Waals surface area contributed by atoms with Crippen LogP contribution in [0.2, 0.25) is 0 Å². The van der Waals surface area contributed by atoms with Gasteiger partial charge in [0, 0.05) is 16.8 Å². The minimum atomic E-state index is -0.177. The van der Waals surface area contributed by atoms with E-state index in [-0.39, 0.29) is 17.1 Å². The molecule has 0 N–H and O–H groups in total. The standard InChI is InChI=1S/C15H24O2S/c1-11(17-12(2)16-6)13-7-9-14(10-8-13)18-15(3,4)5/h7-12H,1-6H3. The smallest absolute Gasteiger partial charge is 0.155 e. The second-order valence-electron chi connectivity index (χ2n) is 5.37. The molecule has 0 aliphatic rings. The summed E-state index contributed by atoms with van der Waals surface area (Å²) < 4.78 is 11.0. The number of benzene rings is 1. The van der Waals surface area contributed by atoms with Crippen molar-refractivity contribution in [2.24, 2.45) is 0 Å². The van der Waals surface area contributed by atoms with E-state index in [0.717, 1.165) is 0 Å². The molecule has 102 valence electrons. The summed E-state index contributed by atoms with van der Waals surface area (Å²) in [7, 11) is 1.65. The molecule has 1 aromatic rings. The molecule has 2 nitrogen and oxygen atoms in total. The molecule has 0 heterocycles. The van der Waals surface area contributed by atoms with Gasteiger partial charge in [-0.05, 0) is 31.5 Å². The SMILES string of the molecule is COC(C)OC(C)c1ccc(SC(C)(C)C)cc1. The zero-order valence-corrected chi connectivity index (χ0v) is 13.0. The van der Waals surface area contributed by atoms with Crippen LogP contribution in [0.15, 0.2) is 29.2 Å². The summed E-state index contributed by atoms with van der Waals surface area (Å²) in [6, 6.07) is 8.56. The fourth-order valence-corrected chi connectivity index (χ4v) is 2.56. The minimum absolute atomic E-state index is 0.0497. The van der Waals surface area contributed by atoms with Crippen LogP contribution in [0.5, 0.6) is 0 Å². The fraction of sp³-hybridized carbons (Fsp3) is 0.600. The number of thioether (sulfide) groups is 1. The molecule has 0 aliphatic heterocycles. The van der Waals surface area contributed by atoms with Gasteiger partial charge in [-0.3, -0.25) is 0 Å². The van der Waals surface area contributed by atoms with Gasteiger partial charge in [-0.2, -0.15) is 0 Å². The van der Waals surface area contributed by atoms with Crippen LogP contribution >= 0.6 is 11.8 Å². The molecule has 0 bridgehead atoms. The molecule has 0 spiro atoms. The normalized spacial score (nSPS) is 15.4. The van der Waals surface area contributed by atoms with Crippen LogP contribution in [0.25, 0.3) is 0 Å². The highest BCUT2D eigenvalue weighted by atomic mass is 32.2. The molecule has 1 rings (SSSR count). The Balaban J connectivity index is 2.65. The van der Waals surface area contributed by atoms with Gasteiger partial charge in [0.1, 0.15) is 0 Å². The zero-order chi connectivity index (χ0) is 13.8. The highest BCUT2D eigenvalue weighted by molar-refractivity contribution is 8.00. The van der Waals surface area contributed by atoms with Gasteiger partial charge in [0.15, 0.2) is 6.29 Å². The van der Waals surface area contributed by atoms with Gasteiger partial charge in [0.25, 0.3) is 0 Å². The predicted molar refractivity (Wildman–Crippen MR) is 78.0 cm³/mol. The molecule has 0 fully saturated rings. The Kier molecular flexibility index (Phi) is 5.70. The minimum Gasteiger partial charge on any atom is -0.356 e. The molecule has 0 saturated heterocycles. The third-order valence-electron chi connectivity index (χ3n) is 2.50. The van der Waals surface area contributed by atoms with E-state index < -0.39 is 0 Å². The maximum Gasteiger partial charge on any atom is 0.155 e. The van der Waals surface area contributed by atoms with E-state index >= 15 is 0 Å². The molecule has 0 aromatic heterocycles. The Hall–Kier alpha value is -0.510. The number of hydrogen-bond donors (Lipinski definition) is 0. The largest absolute Gasteiger partial charge is 0.356 e. The maximum absolute atomic E-state index is 5.70. The Morgan fingerprint density at radius 2 is 1.61 bits per heavy atom. The number of hydrogen-bond acceptors (Lipinski definition) is 3. The molecule has 0 radical (unpaired) electrons. The van der Waals surface area contributed by atoms with Gasteiger partial charge >= 0.3 is 0 Å². The molecule has 0 amide bonds. The van der Waals surface area contributed by atoms with Crippen molar-refractivity contribution in [1.29, 1.82) is 0 Å². The summed E-state index contributed by atoms with van der Waals surface area (Å²) in [4.78, 5) is 1.29. The third-order valence-corrected chi connectivity index (χ3v) is 3.62. The van der Waals surface area contributed by atoms with E-state index in [2.05, 4.69) is 45.0 Å². The number of rotatable bonds is 5.